The minimum absolute atomic E-state index is 0.108. The number of hydrogen-bond donors (Lipinski definition) is 1. The van der Waals surface area contributed by atoms with Gasteiger partial charge in [-0.25, -0.2) is 8.78 Å². The summed E-state index contributed by atoms with van der Waals surface area (Å²) in [6.07, 6.45) is -6.30. The lowest BCUT2D eigenvalue weighted by atomic mass is 10.1. The first-order chi connectivity index (χ1) is 6.31. The number of nitrogens with one attached hydrogen (secondary N) is 1. The fourth-order valence-electron chi connectivity index (χ4n) is 1.21. The van der Waals surface area contributed by atoms with Gasteiger partial charge in [-0.3, -0.25) is 0 Å². The Labute approximate surface area is 77.4 Å². The molecule has 0 saturated carbocycles. The largest absolute Gasteiger partial charge is 0.411 e. The lowest BCUT2D eigenvalue weighted by Crippen LogP contribution is -2.51. The molecule has 1 saturated heterocycles. The summed E-state index contributed by atoms with van der Waals surface area (Å²) >= 11 is 0. The SMILES string of the molecule is FC(F)(F)COC1CCNCC1(F)F. The average Bonchev–Trinajstić information content (AvgIpc) is 2.00. The summed E-state index contributed by atoms with van der Waals surface area (Å²) in [6, 6.07) is 0. The van der Waals surface area contributed by atoms with Gasteiger partial charge < -0.3 is 10.1 Å². The Morgan fingerprint density at radius 1 is 1.36 bits per heavy atom. The second kappa shape index (κ2) is 3.98. The van der Waals surface area contributed by atoms with E-state index in [1.54, 1.807) is 0 Å². The van der Waals surface area contributed by atoms with Gasteiger partial charge in [0.05, 0.1) is 6.54 Å². The van der Waals surface area contributed by atoms with Crippen LogP contribution in [-0.4, -0.2) is 37.9 Å². The number of ether oxygens (including phenoxy) is 1. The highest BCUT2D eigenvalue weighted by molar-refractivity contribution is 4.85. The molecule has 1 unspecified atom stereocenters. The van der Waals surface area contributed by atoms with E-state index in [4.69, 9.17) is 0 Å². The van der Waals surface area contributed by atoms with E-state index in [-0.39, 0.29) is 13.0 Å². The molecule has 1 heterocycles. The van der Waals surface area contributed by atoms with Gasteiger partial charge in [-0.15, -0.1) is 0 Å². The van der Waals surface area contributed by atoms with Crippen LogP contribution in [0.4, 0.5) is 22.0 Å². The second-order valence-corrected chi connectivity index (χ2v) is 3.14. The smallest absolute Gasteiger partial charge is 0.362 e. The molecule has 0 bridgehead atoms. The Morgan fingerprint density at radius 3 is 2.50 bits per heavy atom. The first-order valence-electron chi connectivity index (χ1n) is 4.08. The van der Waals surface area contributed by atoms with Crippen molar-refractivity contribution in [3.05, 3.63) is 0 Å². The lowest BCUT2D eigenvalue weighted by Gasteiger charge is -2.31. The van der Waals surface area contributed by atoms with Crippen LogP contribution >= 0.6 is 0 Å². The molecule has 14 heavy (non-hydrogen) atoms. The average molecular weight is 219 g/mol. The third-order valence-electron chi connectivity index (χ3n) is 1.86. The molecular formula is C7H10F5NO. The molecule has 0 spiro atoms. The van der Waals surface area contributed by atoms with Gasteiger partial charge in [0.15, 0.2) is 0 Å². The Balaban J connectivity index is 2.42. The first-order valence-corrected chi connectivity index (χ1v) is 4.08. The monoisotopic (exact) mass is 219 g/mol. The van der Waals surface area contributed by atoms with Gasteiger partial charge in [-0.1, -0.05) is 0 Å². The summed E-state index contributed by atoms with van der Waals surface area (Å²) in [4.78, 5) is 0. The molecule has 0 aliphatic carbocycles. The molecule has 84 valence electrons. The molecule has 0 aromatic carbocycles. The van der Waals surface area contributed by atoms with Gasteiger partial charge in [0.2, 0.25) is 0 Å². The molecule has 1 aliphatic rings. The summed E-state index contributed by atoms with van der Waals surface area (Å²) in [6.45, 7) is -2.00. The van der Waals surface area contributed by atoms with Gasteiger partial charge in [0.1, 0.15) is 12.7 Å². The highest BCUT2D eigenvalue weighted by atomic mass is 19.4. The van der Waals surface area contributed by atoms with Crippen LogP contribution in [0.1, 0.15) is 6.42 Å². The molecule has 0 amide bonds. The fourth-order valence-corrected chi connectivity index (χ4v) is 1.21. The minimum atomic E-state index is -4.55. The number of piperidine rings is 1. The van der Waals surface area contributed by atoms with Gasteiger partial charge in [-0.2, -0.15) is 13.2 Å². The fraction of sp³-hybridized carbons (Fsp3) is 1.00. The van der Waals surface area contributed by atoms with E-state index < -0.39 is 31.4 Å². The van der Waals surface area contributed by atoms with E-state index in [9.17, 15) is 22.0 Å². The third-order valence-corrected chi connectivity index (χ3v) is 1.86. The molecule has 1 fully saturated rings. The Bertz CT molecular complexity index is 193. The number of rotatable bonds is 2. The van der Waals surface area contributed by atoms with Crippen LogP contribution in [0.3, 0.4) is 0 Å². The van der Waals surface area contributed by atoms with Crippen molar-refractivity contribution in [3.63, 3.8) is 0 Å². The maximum atomic E-state index is 12.9. The maximum Gasteiger partial charge on any atom is 0.411 e. The third kappa shape index (κ3) is 3.38. The Hall–Kier alpha value is -0.430. The normalized spacial score (nSPS) is 27.6. The maximum absolute atomic E-state index is 12.9. The van der Waals surface area contributed by atoms with Crippen molar-refractivity contribution in [1.29, 1.82) is 0 Å². The summed E-state index contributed by atoms with van der Waals surface area (Å²) in [7, 11) is 0. The number of alkyl halides is 5. The summed E-state index contributed by atoms with van der Waals surface area (Å²) in [5.74, 6) is -3.22. The van der Waals surface area contributed by atoms with Crippen LogP contribution < -0.4 is 5.32 Å². The highest BCUT2D eigenvalue weighted by Gasteiger charge is 2.44. The minimum Gasteiger partial charge on any atom is -0.362 e. The van der Waals surface area contributed by atoms with Crippen molar-refractivity contribution in [1.82, 2.24) is 5.32 Å². The zero-order chi connectivity index (χ0) is 10.8. The molecule has 2 nitrogen and oxygen atoms in total. The van der Waals surface area contributed by atoms with E-state index in [1.807, 2.05) is 0 Å². The molecule has 1 N–H and O–H groups in total. The van der Waals surface area contributed by atoms with Crippen molar-refractivity contribution in [2.75, 3.05) is 19.7 Å². The molecule has 7 heteroatoms. The van der Waals surface area contributed by atoms with Gasteiger partial charge in [0, 0.05) is 0 Å². The summed E-state index contributed by atoms with van der Waals surface area (Å²) in [5.41, 5.74) is 0. The Kier molecular flexibility index (Phi) is 3.31. The van der Waals surface area contributed by atoms with E-state index in [2.05, 4.69) is 10.1 Å². The molecule has 1 aliphatic heterocycles. The lowest BCUT2D eigenvalue weighted by molar-refractivity contribution is -0.221. The topological polar surface area (TPSA) is 21.3 Å². The highest BCUT2D eigenvalue weighted by Crippen LogP contribution is 2.27. The van der Waals surface area contributed by atoms with E-state index in [0.29, 0.717) is 0 Å². The molecule has 0 aromatic rings. The molecule has 1 atom stereocenters. The van der Waals surface area contributed by atoms with Crippen LogP contribution in [0.15, 0.2) is 0 Å². The van der Waals surface area contributed by atoms with Crippen LogP contribution in [0.5, 0.6) is 0 Å². The Morgan fingerprint density at radius 2 is 2.00 bits per heavy atom. The quantitative estimate of drug-likeness (QED) is 0.711. The predicted octanol–water partition coefficient (Wildman–Crippen LogP) is 1.56. The molecular weight excluding hydrogens is 209 g/mol. The van der Waals surface area contributed by atoms with Gasteiger partial charge in [-0.05, 0) is 13.0 Å². The predicted molar refractivity (Wildman–Crippen MR) is 38.2 cm³/mol. The molecule has 0 radical (unpaired) electrons. The van der Waals surface area contributed by atoms with Crippen LogP contribution in [-0.2, 0) is 4.74 Å². The molecule has 0 aromatic heterocycles. The van der Waals surface area contributed by atoms with Crippen LogP contribution in [0.2, 0.25) is 0 Å². The molecule has 1 rings (SSSR count). The number of hydrogen-bond acceptors (Lipinski definition) is 2. The van der Waals surface area contributed by atoms with Crippen molar-refractivity contribution in [2.24, 2.45) is 0 Å². The van der Waals surface area contributed by atoms with Crippen molar-refractivity contribution in [3.8, 4) is 0 Å². The standard InChI is InChI=1S/C7H10F5NO/c8-6(9)3-13-2-1-5(6)14-4-7(10,11)12/h5,13H,1-4H2. The number of halogens is 5. The van der Waals surface area contributed by atoms with Crippen LogP contribution in [0.25, 0.3) is 0 Å². The van der Waals surface area contributed by atoms with Crippen LogP contribution in [0, 0.1) is 0 Å². The van der Waals surface area contributed by atoms with Crippen molar-refractivity contribution >= 4 is 0 Å². The zero-order valence-electron chi connectivity index (χ0n) is 7.20. The van der Waals surface area contributed by atoms with E-state index in [1.165, 1.54) is 0 Å². The summed E-state index contributed by atoms with van der Waals surface area (Å²) in [5, 5.41) is 2.39. The van der Waals surface area contributed by atoms with Crippen molar-refractivity contribution < 1.29 is 26.7 Å². The van der Waals surface area contributed by atoms with Gasteiger partial charge in [0.25, 0.3) is 5.92 Å². The summed E-state index contributed by atoms with van der Waals surface area (Å²) < 4.78 is 65.0. The van der Waals surface area contributed by atoms with E-state index in [0.717, 1.165) is 0 Å². The first kappa shape index (κ1) is 11.6. The second-order valence-electron chi connectivity index (χ2n) is 3.14. The zero-order valence-corrected chi connectivity index (χ0v) is 7.20. The van der Waals surface area contributed by atoms with E-state index >= 15 is 0 Å². The van der Waals surface area contributed by atoms with Gasteiger partial charge >= 0.3 is 6.18 Å². The van der Waals surface area contributed by atoms with Crippen molar-refractivity contribution in [2.45, 2.75) is 24.6 Å².